The van der Waals surface area contributed by atoms with Crippen molar-refractivity contribution in [2.24, 2.45) is 5.73 Å². The molecule has 0 aliphatic heterocycles. The fraction of sp³-hybridized carbons (Fsp3) is 0.214. The van der Waals surface area contributed by atoms with Crippen molar-refractivity contribution < 1.29 is 4.74 Å². The Morgan fingerprint density at radius 3 is 2.61 bits per heavy atom. The van der Waals surface area contributed by atoms with E-state index in [1.54, 1.807) is 7.11 Å². The van der Waals surface area contributed by atoms with Gasteiger partial charge in [-0.2, -0.15) is 0 Å². The SMILES string of the molecule is COc1ccc(CCn2cccc2C(N)=S)cc1. The lowest BCUT2D eigenvalue weighted by Crippen LogP contribution is -2.16. The van der Waals surface area contributed by atoms with Gasteiger partial charge in [-0.15, -0.1) is 0 Å². The maximum absolute atomic E-state index is 5.66. The summed E-state index contributed by atoms with van der Waals surface area (Å²) in [5, 5.41) is 0. The van der Waals surface area contributed by atoms with Crippen molar-refractivity contribution in [3.8, 4) is 5.75 Å². The van der Waals surface area contributed by atoms with Crippen LogP contribution in [0.15, 0.2) is 42.6 Å². The summed E-state index contributed by atoms with van der Waals surface area (Å²) in [6.45, 7) is 0.867. The molecule has 2 aromatic rings. The van der Waals surface area contributed by atoms with Crippen LogP contribution in [0.2, 0.25) is 0 Å². The van der Waals surface area contributed by atoms with Crippen molar-refractivity contribution >= 4 is 17.2 Å². The zero-order chi connectivity index (χ0) is 13.0. The Balaban J connectivity index is 2.02. The smallest absolute Gasteiger partial charge is 0.120 e. The molecule has 0 spiro atoms. The lowest BCUT2D eigenvalue weighted by Gasteiger charge is -2.08. The highest BCUT2D eigenvalue weighted by molar-refractivity contribution is 7.80. The van der Waals surface area contributed by atoms with Gasteiger partial charge in [-0.3, -0.25) is 0 Å². The normalized spacial score (nSPS) is 10.3. The zero-order valence-corrected chi connectivity index (χ0v) is 11.1. The third-order valence-corrected chi connectivity index (χ3v) is 3.09. The molecule has 1 heterocycles. The molecule has 0 atom stereocenters. The summed E-state index contributed by atoms with van der Waals surface area (Å²) in [5.41, 5.74) is 7.84. The number of aryl methyl sites for hydroxylation is 2. The van der Waals surface area contributed by atoms with E-state index in [9.17, 15) is 0 Å². The number of rotatable bonds is 5. The van der Waals surface area contributed by atoms with Crippen LogP contribution in [0.5, 0.6) is 5.75 Å². The van der Waals surface area contributed by atoms with E-state index in [1.807, 2.05) is 30.5 Å². The number of aromatic nitrogens is 1. The van der Waals surface area contributed by atoms with Crippen LogP contribution in [0.3, 0.4) is 0 Å². The predicted octanol–water partition coefficient (Wildman–Crippen LogP) is 2.37. The molecule has 0 saturated carbocycles. The summed E-state index contributed by atoms with van der Waals surface area (Å²) in [6.07, 6.45) is 2.94. The second-order valence-electron chi connectivity index (χ2n) is 4.05. The van der Waals surface area contributed by atoms with Gasteiger partial charge in [0.25, 0.3) is 0 Å². The van der Waals surface area contributed by atoms with Crippen LogP contribution in [0.4, 0.5) is 0 Å². The summed E-state index contributed by atoms with van der Waals surface area (Å²) < 4.78 is 7.21. The van der Waals surface area contributed by atoms with Crippen LogP contribution in [0.1, 0.15) is 11.3 Å². The van der Waals surface area contributed by atoms with E-state index in [0.717, 1.165) is 24.4 Å². The third kappa shape index (κ3) is 2.90. The molecule has 94 valence electrons. The van der Waals surface area contributed by atoms with Gasteiger partial charge in [0.15, 0.2) is 0 Å². The van der Waals surface area contributed by atoms with Crippen molar-refractivity contribution in [2.75, 3.05) is 7.11 Å². The second-order valence-corrected chi connectivity index (χ2v) is 4.49. The second kappa shape index (κ2) is 5.69. The molecule has 0 amide bonds. The van der Waals surface area contributed by atoms with Gasteiger partial charge in [-0.25, -0.2) is 0 Å². The number of hydrogen-bond donors (Lipinski definition) is 1. The van der Waals surface area contributed by atoms with Gasteiger partial charge >= 0.3 is 0 Å². The maximum atomic E-state index is 5.66. The third-order valence-electron chi connectivity index (χ3n) is 2.88. The van der Waals surface area contributed by atoms with Gasteiger partial charge in [0.1, 0.15) is 10.7 Å². The van der Waals surface area contributed by atoms with Crippen LogP contribution in [-0.4, -0.2) is 16.7 Å². The summed E-state index contributed by atoms with van der Waals surface area (Å²) in [4.78, 5) is 0.440. The largest absolute Gasteiger partial charge is 0.497 e. The molecule has 4 heteroatoms. The minimum absolute atomic E-state index is 0.440. The fourth-order valence-electron chi connectivity index (χ4n) is 1.87. The monoisotopic (exact) mass is 260 g/mol. The van der Waals surface area contributed by atoms with Crippen LogP contribution >= 0.6 is 12.2 Å². The lowest BCUT2D eigenvalue weighted by molar-refractivity contribution is 0.414. The van der Waals surface area contributed by atoms with Gasteiger partial charge in [0, 0.05) is 12.7 Å². The Hall–Kier alpha value is -1.81. The Morgan fingerprint density at radius 1 is 1.28 bits per heavy atom. The molecular weight excluding hydrogens is 244 g/mol. The highest BCUT2D eigenvalue weighted by Crippen LogP contribution is 2.13. The number of methoxy groups -OCH3 is 1. The number of hydrogen-bond acceptors (Lipinski definition) is 2. The van der Waals surface area contributed by atoms with E-state index in [2.05, 4.69) is 16.7 Å². The first-order chi connectivity index (χ1) is 8.70. The first-order valence-electron chi connectivity index (χ1n) is 5.78. The standard InChI is InChI=1S/C14H16N2OS/c1-17-12-6-4-11(5-7-12)8-10-16-9-2-3-13(16)14(15)18/h2-7,9H,8,10H2,1H3,(H2,15,18). The molecule has 18 heavy (non-hydrogen) atoms. The summed E-state index contributed by atoms with van der Waals surface area (Å²) in [6, 6.07) is 12.0. The van der Waals surface area contributed by atoms with Crippen molar-refractivity contribution in [1.29, 1.82) is 0 Å². The lowest BCUT2D eigenvalue weighted by atomic mass is 10.1. The summed E-state index contributed by atoms with van der Waals surface area (Å²) in [5.74, 6) is 0.878. The van der Waals surface area contributed by atoms with Crippen LogP contribution < -0.4 is 10.5 Å². The minimum atomic E-state index is 0.440. The molecule has 0 aliphatic rings. The van der Waals surface area contributed by atoms with Crippen LogP contribution in [-0.2, 0) is 13.0 Å². The Labute approximate surface area is 112 Å². The molecule has 0 radical (unpaired) electrons. The van der Waals surface area contributed by atoms with Crippen LogP contribution in [0, 0.1) is 0 Å². The van der Waals surface area contributed by atoms with E-state index in [0.29, 0.717) is 4.99 Å². The van der Waals surface area contributed by atoms with E-state index < -0.39 is 0 Å². The molecule has 0 unspecified atom stereocenters. The Bertz CT molecular complexity index is 531. The van der Waals surface area contributed by atoms with E-state index in [-0.39, 0.29) is 0 Å². The number of benzene rings is 1. The molecular formula is C14H16N2OS. The van der Waals surface area contributed by atoms with Gasteiger partial charge < -0.3 is 15.0 Å². The Morgan fingerprint density at radius 2 is 2.00 bits per heavy atom. The van der Waals surface area contributed by atoms with Crippen molar-refractivity contribution in [2.45, 2.75) is 13.0 Å². The van der Waals surface area contributed by atoms with Crippen molar-refractivity contribution in [1.82, 2.24) is 4.57 Å². The van der Waals surface area contributed by atoms with Crippen LogP contribution in [0.25, 0.3) is 0 Å². The number of ether oxygens (including phenoxy) is 1. The molecule has 3 nitrogen and oxygen atoms in total. The number of thiocarbonyl (C=S) groups is 1. The maximum Gasteiger partial charge on any atom is 0.120 e. The van der Waals surface area contributed by atoms with Gasteiger partial charge in [0.2, 0.25) is 0 Å². The molecule has 1 aromatic heterocycles. The first kappa shape index (κ1) is 12.6. The molecule has 0 aliphatic carbocycles. The van der Waals surface area contributed by atoms with Crippen molar-refractivity contribution in [3.05, 3.63) is 53.9 Å². The molecule has 1 aromatic carbocycles. The van der Waals surface area contributed by atoms with E-state index in [1.165, 1.54) is 5.56 Å². The quantitative estimate of drug-likeness (QED) is 0.839. The first-order valence-corrected chi connectivity index (χ1v) is 6.19. The molecule has 2 N–H and O–H groups in total. The summed E-state index contributed by atoms with van der Waals surface area (Å²) >= 11 is 5.01. The predicted molar refractivity (Wildman–Crippen MR) is 77.0 cm³/mol. The zero-order valence-electron chi connectivity index (χ0n) is 10.3. The number of nitrogens with two attached hydrogens (primary N) is 1. The van der Waals surface area contributed by atoms with E-state index in [4.69, 9.17) is 22.7 Å². The fourth-order valence-corrected chi connectivity index (χ4v) is 2.06. The Kier molecular flexibility index (Phi) is 3.99. The average Bonchev–Trinajstić information content (AvgIpc) is 2.85. The molecule has 0 saturated heterocycles. The van der Waals surface area contributed by atoms with Gasteiger partial charge in [0.05, 0.1) is 12.8 Å². The highest BCUT2D eigenvalue weighted by atomic mass is 32.1. The molecule has 2 rings (SSSR count). The van der Waals surface area contributed by atoms with E-state index >= 15 is 0 Å². The van der Waals surface area contributed by atoms with Crippen molar-refractivity contribution in [3.63, 3.8) is 0 Å². The topological polar surface area (TPSA) is 40.2 Å². The molecule has 0 bridgehead atoms. The highest BCUT2D eigenvalue weighted by Gasteiger charge is 2.03. The van der Waals surface area contributed by atoms with Gasteiger partial charge in [-0.05, 0) is 36.2 Å². The summed E-state index contributed by atoms with van der Waals surface area (Å²) in [7, 11) is 1.67. The average molecular weight is 260 g/mol. The minimum Gasteiger partial charge on any atom is -0.497 e. The number of nitrogens with zero attached hydrogens (tertiary/aromatic N) is 1. The molecule has 0 fully saturated rings. The van der Waals surface area contributed by atoms with Gasteiger partial charge in [-0.1, -0.05) is 24.4 Å².